The Morgan fingerprint density at radius 3 is 2.38 bits per heavy atom. The Hall–Kier alpha value is 0.0649. The molecule has 0 aromatic rings. The molecule has 0 aromatic heterocycles. The van der Waals surface area contributed by atoms with E-state index in [2.05, 4.69) is 13.8 Å². The lowest BCUT2D eigenvalue weighted by atomic mass is 9.54. The molecule has 0 spiro atoms. The van der Waals surface area contributed by atoms with Crippen molar-refractivity contribution in [2.45, 2.75) is 38.8 Å². The standard InChI is InChI=1S/C7H15B/c1-6-3-4-7(2)8-5-6/h6-8H,3-5H2,1-2H3. The van der Waals surface area contributed by atoms with Crippen LogP contribution in [0.3, 0.4) is 0 Å². The van der Waals surface area contributed by atoms with E-state index in [-0.39, 0.29) is 0 Å². The zero-order valence-electron chi connectivity index (χ0n) is 5.98. The average Bonchev–Trinajstić information content (AvgIpc) is 1.77. The molecule has 0 amide bonds. The molecule has 0 nitrogen and oxygen atoms in total. The average molecular weight is 110 g/mol. The molecule has 0 bridgehead atoms. The van der Waals surface area contributed by atoms with E-state index in [1.54, 1.807) is 0 Å². The highest BCUT2D eigenvalue weighted by Gasteiger charge is 2.14. The quantitative estimate of drug-likeness (QED) is 0.419. The molecule has 0 aromatic carbocycles. The number of rotatable bonds is 0. The van der Waals surface area contributed by atoms with E-state index in [4.69, 9.17) is 0 Å². The third-order valence-corrected chi connectivity index (χ3v) is 2.30. The first-order chi connectivity index (χ1) is 3.79. The van der Waals surface area contributed by atoms with Gasteiger partial charge in [0.15, 0.2) is 0 Å². The lowest BCUT2D eigenvalue weighted by Gasteiger charge is -2.21. The third-order valence-electron chi connectivity index (χ3n) is 2.30. The number of hydrogen-bond donors (Lipinski definition) is 0. The van der Waals surface area contributed by atoms with Gasteiger partial charge in [-0.3, -0.25) is 0 Å². The Morgan fingerprint density at radius 1 is 1.25 bits per heavy atom. The van der Waals surface area contributed by atoms with Gasteiger partial charge in [-0.2, -0.15) is 0 Å². The lowest BCUT2D eigenvalue weighted by Crippen LogP contribution is -2.12. The summed E-state index contributed by atoms with van der Waals surface area (Å²) in [6.07, 6.45) is 4.42. The molecule has 0 N–H and O–H groups in total. The summed E-state index contributed by atoms with van der Waals surface area (Å²) < 4.78 is 0. The maximum atomic E-state index is 2.37. The predicted octanol–water partition coefficient (Wildman–Crippen LogP) is 2.08. The van der Waals surface area contributed by atoms with Gasteiger partial charge in [-0.1, -0.05) is 44.7 Å². The summed E-state index contributed by atoms with van der Waals surface area (Å²) in [7, 11) is 1.47. The van der Waals surface area contributed by atoms with E-state index in [1.807, 2.05) is 0 Å². The van der Waals surface area contributed by atoms with E-state index < -0.39 is 0 Å². The second kappa shape index (κ2) is 2.57. The highest BCUT2D eigenvalue weighted by atomic mass is 14.1. The van der Waals surface area contributed by atoms with Crippen LogP contribution in [0.25, 0.3) is 0 Å². The zero-order chi connectivity index (χ0) is 5.98. The second-order valence-electron chi connectivity index (χ2n) is 3.37. The third kappa shape index (κ3) is 1.54. The molecule has 46 valence electrons. The normalized spacial score (nSPS) is 38.8. The van der Waals surface area contributed by atoms with Crippen LogP contribution in [0.1, 0.15) is 26.7 Å². The monoisotopic (exact) mass is 110 g/mol. The van der Waals surface area contributed by atoms with Crippen LogP contribution in [0.2, 0.25) is 12.1 Å². The summed E-state index contributed by atoms with van der Waals surface area (Å²) >= 11 is 0. The van der Waals surface area contributed by atoms with Gasteiger partial charge >= 0.3 is 0 Å². The molecule has 1 rings (SSSR count). The van der Waals surface area contributed by atoms with E-state index in [1.165, 1.54) is 26.4 Å². The van der Waals surface area contributed by atoms with Crippen molar-refractivity contribution >= 4 is 7.28 Å². The lowest BCUT2D eigenvalue weighted by molar-refractivity contribution is 0.516. The second-order valence-corrected chi connectivity index (χ2v) is 3.37. The molecule has 2 atom stereocenters. The molecule has 1 aliphatic heterocycles. The molecule has 0 radical (unpaired) electrons. The summed E-state index contributed by atoms with van der Waals surface area (Å²) in [5.41, 5.74) is 0. The van der Waals surface area contributed by atoms with Crippen molar-refractivity contribution in [2.24, 2.45) is 5.92 Å². The molecule has 1 heterocycles. The molecular formula is C7H15B. The Kier molecular flexibility index (Phi) is 1.98. The van der Waals surface area contributed by atoms with Crippen LogP contribution in [0, 0.1) is 5.92 Å². The molecule has 0 aliphatic carbocycles. The minimum Gasteiger partial charge on any atom is -0.0746 e. The summed E-state index contributed by atoms with van der Waals surface area (Å²) in [5.74, 6) is 2.04. The van der Waals surface area contributed by atoms with Crippen molar-refractivity contribution in [3.05, 3.63) is 0 Å². The molecule has 0 saturated carbocycles. The Morgan fingerprint density at radius 2 is 2.00 bits per heavy atom. The molecule has 2 unspecified atom stereocenters. The molecular weight excluding hydrogens is 94.9 g/mol. The van der Waals surface area contributed by atoms with Gasteiger partial charge in [-0.15, -0.1) is 0 Å². The van der Waals surface area contributed by atoms with Crippen LogP contribution in [-0.2, 0) is 0 Å². The Labute approximate surface area is 52.9 Å². The fourth-order valence-electron chi connectivity index (χ4n) is 1.43. The van der Waals surface area contributed by atoms with Crippen LogP contribution in [0.5, 0.6) is 0 Å². The summed E-state index contributed by atoms with van der Waals surface area (Å²) in [6.45, 7) is 4.73. The van der Waals surface area contributed by atoms with Crippen molar-refractivity contribution in [3.63, 3.8) is 0 Å². The summed E-state index contributed by atoms with van der Waals surface area (Å²) in [6, 6.07) is 0. The summed E-state index contributed by atoms with van der Waals surface area (Å²) in [4.78, 5) is 0. The first-order valence-electron chi connectivity index (χ1n) is 3.79. The largest absolute Gasteiger partial charge is 0.124 e. The van der Waals surface area contributed by atoms with Crippen LogP contribution < -0.4 is 0 Å². The molecule has 1 heteroatoms. The SMILES string of the molecule is CC1BCC(C)CC1. The van der Waals surface area contributed by atoms with Gasteiger partial charge in [0.2, 0.25) is 0 Å². The van der Waals surface area contributed by atoms with Crippen molar-refractivity contribution in [3.8, 4) is 0 Å². The van der Waals surface area contributed by atoms with E-state index in [9.17, 15) is 0 Å². The predicted molar refractivity (Wildman–Crippen MR) is 39.8 cm³/mol. The van der Waals surface area contributed by atoms with Crippen LogP contribution in [0.15, 0.2) is 0 Å². The highest BCUT2D eigenvalue weighted by Crippen LogP contribution is 2.26. The van der Waals surface area contributed by atoms with Gasteiger partial charge in [0.1, 0.15) is 7.28 Å². The zero-order valence-corrected chi connectivity index (χ0v) is 5.98. The van der Waals surface area contributed by atoms with E-state index in [0.717, 1.165) is 11.7 Å². The van der Waals surface area contributed by atoms with Gasteiger partial charge in [-0.05, 0) is 0 Å². The molecule has 8 heavy (non-hydrogen) atoms. The minimum absolute atomic E-state index is 1.02. The van der Waals surface area contributed by atoms with Gasteiger partial charge in [-0.25, -0.2) is 0 Å². The Balaban J connectivity index is 2.19. The maximum Gasteiger partial charge on any atom is 0.124 e. The van der Waals surface area contributed by atoms with Crippen LogP contribution in [-0.4, -0.2) is 7.28 Å². The van der Waals surface area contributed by atoms with Crippen molar-refractivity contribution < 1.29 is 0 Å². The summed E-state index contributed by atoms with van der Waals surface area (Å²) in [5, 5.41) is 0. The minimum atomic E-state index is 1.02. The van der Waals surface area contributed by atoms with Crippen molar-refractivity contribution in [1.82, 2.24) is 0 Å². The smallest absolute Gasteiger partial charge is 0.0746 e. The fraction of sp³-hybridized carbons (Fsp3) is 1.00. The van der Waals surface area contributed by atoms with Gasteiger partial charge < -0.3 is 0 Å². The van der Waals surface area contributed by atoms with E-state index in [0.29, 0.717) is 0 Å². The molecule has 1 fully saturated rings. The molecule has 1 saturated heterocycles. The Bertz CT molecular complexity index is 52.8. The molecule has 1 aliphatic rings. The topological polar surface area (TPSA) is 0 Å². The highest BCUT2D eigenvalue weighted by molar-refractivity contribution is 6.37. The van der Waals surface area contributed by atoms with Gasteiger partial charge in [0.05, 0.1) is 0 Å². The first-order valence-corrected chi connectivity index (χ1v) is 3.79. The fourth-order valence-corrected chi connectivity index (χ4v) is 1.43. The van der Waals surface area contributed by atoms with Gasteiger partial charge in [0.25, 0.3) is 0 Å². The van der Waals surface area contributed by atoms with Crippen molar-refractivity contribution in [2.75, 3.05) is 0 Å². The van der Waals surface area contributed by atoms with E-state index >= 15 is 0 Å². The van der Waals surface area contributed by atoms with Crippen LogP contribution >= 0.6 is 0 Å². The first kappa shape index (κ1) is 6.19. The van der Waals surface area contributed by atoms with Crippen molar-refractivity contribution in [1.29, 1.82) is 0 Å². The van der Waals surface area contributed by atoms with Crippen LogP contribution in [0.4, 0.5) is 0 Å². The van der Waals surface area contributed by atoms with Gasteiger partial charge in [0, 0.05) is 0 Å². The maximum absolute atomic E-state index is 2.37. The number of hydrogen-bond acceptors (Lipinski definition) is 0.